The van der Waals surface area contributed by atoms with Gasteiger partial charge in [-0.05, 0) is 59.7 Å². The predicted molar refractivity (Wildman–Crippen MR) is 81.2 cm³/mol. The monoisotopic (exact) mass is 265 g/mol. The van der Waals surface area contributed by atoms with Gasteiger partial charge in [0.05, 0.1) is 0 Å². The van der Waals surface area contributed by atoms with Crippen LogP contribution in [0.25, 0.3) is 0 Å². The summed E-state index contributed by atoms with van der Waals surface area (Å²) >= 11 is 1.83. The van der Waals surface area contributed by atoms with E-state index in [0.29, 0.717) is 0 Å². The molecule has 1 heterocycles. The van der Waals surface area contributed by atoms with Crippen LogP contribution in [0, 0.1) is 17.8 Å². The molecule has 1 fully saturated rings. The minimum atomic E-state index is 0.760. The highest BCUT2D eigenvalue weighted by atomic mass is 32.1. The summed E-state index contributed by atoms with van der Waals surface area (Å²) in [5, 5.41) is 8.21. The number of thiophene rings is 1. The summed E-state index contributed by atoms with van der Waals surface area (Å²) in [5.41, 5.74) is 1.54. The van der Waals surface area contributed by atoms with E-state index in [2.05, 4.69) is 36.0 Å². The molecule has 1 aliphatic carbocycles. The van der Waals surface area contributed by atoms with Gasteiger partial charge in [0.2, 0.25) is 0 Å². The summed E-state index contributed by atoms with van der Waals surface area (Å²) in [6.45, 7) is 6.94. The van der Waals surface area contributed by atoms with E-state index in [4.69, 9.17) is 0 Å². The van der Waals surface area contributed by atoms with Gasteiger partial charge < -0.3 is 5.32 Å². The molecule has 1 aromatic rings. The van der Waals surface area contributed by atoms with Crippen molar-refractivity contribution >= 4 is 11.3 Å². The molecule has 0 aliphatic heterocycles. The molecule has 2 heteroatoms. The lowest BCUT2D eigenvalue weighted by molar-refractivity contribution is 0.316. The highest BCUT2D eigenvalue weighted by molar-refractivity contribution is 7.07. The SMILES string of the molecule is CC(C)CNCC(Cc1ccsc1)C1CCCC1. The Bertz CT molecular complexity index is 312. The summed E-state index contributed by atoms with van der Waals surface area (Å²) in [5.74, 6) is 2.57. The highest BCUT2D eigenvalue weighted by Gasteiger charge is 2.24. The Labute approximate surface area is 116 Å². The maximum Gasteiger partial charge on any atom is -0.00146 e. The van der Waals surface area contributed by atoms with Gasteiger partial charge in [-0.3, -0.25) is 0 Å². The Morgan fingerprint density at radius 1 is 1.28 bits per heavy atom. The fraction of sp³-hybridized carbons (Fsp3) is 0.750. The average Bonchev–Trinajstić information content (AvgIpc) is 3.00. The van der Waals surface area contributed by atoms with Crippen molar-refractivity contribution in [2.75, 3.05) is 13.1 Å². The molecular formula is C16H27NS. The zero-order chi connectivity index (χ0) is 12.8. The van der Waals surface area contributed by atoms with Crippen molar-refractivity contribution in [3.8, 4) is 0 Å². The van der Waals surface area contributed by atoms with Gasteiger partial charge in [0, 0.05) is 0 Å². The molecule has 1 nitrogen and oxygen atoms in total. The lowest BCUT2D eigenvalue weighted by atomic mass is 9.86. The van der Waals surface area contributed by atoms with E-state index >= 15 is 0 Å². The van der Waals surface area contributed by atoms with Crippen molar-refractivity contribution in [3.63, 3.8) is 0 Å². The maximum absolute atomic E-state index is 3.68. The van der Waals surface area contributed by atoms with E-state index in [-0.39, 0.29) is 0 Å². The third-order valence-electron chi connectivity index (χ3n) is 4.10. The summed E-state index contributed by atoms with van der Waals surface area (Å²) < 4.78 is 0. The molecule has 0 spiro atoms. The van der Waals surface area contributed by atoms with E-state index in [1.165, 1.54) is 38.6 Å². The molecule has 0 aromatic carbocycles. The third-order valence-corrected chi connectivity index (χ3v) is 4.84. The number of nitrogens with one attached hydrogen (secondary N) is 1. The van der Waals surface area contributed by atoms with Gasteiger partial charge >= 0.3 is 0 Å². The van der Waals surface area contributed by atoms with Crippen LogP contribution in [-0.4, -0.2) is 13.1 Å². The Balaban J connectivity index is 1.85. The Morgan fingerprint density at radius 2 is 2.06 bits per heavy atom. The highest BCUT2D eigenvalue weighted by Crippen LogP contribution is 2.33. The van der Waals surface area contributed by atoms with Crippen LogP contribution in [-0.2, 0) is 6.42 Å². The van der Waals surface area contributed by atoms with Gasteiger partial charge in [-0.1, -0.05) is 39.5 Å². The first-order valence-corrected chi connectivity index (χ1v) is 8.41. The minimum absolute atomic E-state index is 0.760. The Hall–Kier alpha value is -0.340. The van der Waals surface area contributed by atoms with E-state index in [9.17, 15) is 0 Å². The molecule has 1 N–H and O–H groups in total. The Morgan fingerprint density at radius 3 is 2.67 bits per heavy atom. The molecule has 1 unspecified atom stereocenters. The van der Waals surface area contributed by atoms with Crippen LogP contribution in [0.5, 0.6) is 0 Å². The predicted octanol–water partition coefficient (Wildman–Crippen LogP) is 4.34. The average molecular weight is 265 g/mol. The van der Waals surface area contributed by atoms with Crippen molar-refractivity contribution in [2.45, 2.75) is 46.0 Å². The number of rotatable bonds is 7. The van der Waals surface area contributed by atoms with Gasteiger partial charge in [-0.2, -0.15) is 11.3 Å². The molecule has 1 aromatic heterocycles. The standard InChI is InChI=1S/C16H27NS/c1-13(2)10-17-11-16(15-5-3-4-6-15)9-14-7-8-18-12-14/h7-8,12-13,15-17H,3-6,9-11H2,1-2H3. The zero-order valence-electron chi connectivity index (χ0n) is 11.8. The van der Waals surface area contributed by atoms with E-state index in [1.54, 1.807) is 5.56 Å². The minimum Gasteiger partial charge on any atom is -0.316 e. The molecule has 0 radical (unpaired) electrons. The van der Waals surface area contributed by atoms with Gasteiger partial charge in [-0.25, -0.2) is 0 Å². The second-order valence-corrected chi connectivity index (χ2v) is 6.97. The van der Waals surface area contributed by atoms with Gasteiger partial charge in [-0.15, -0.1) is 0 Å². The van der Waals surface area contributed by atoms with Gasteiger partial charge in [0.15, 0.2) is 0 Å². The first-order chi connectivity index (χ1) is 8.75. The molecule has 2 rings (SSSR count). The molecular weight excluding hydrogens is 238 g/mol. The Kier molecular flexibility index (Phi) is 5.71. The van der Waals surface area contributed by atoms with Crippen molar-refractivity contribution in [2.24, 2.45) is 17.8 Å². The first-order valence-electron chi connectivity index (χ1n) is 7.47. The maximum atomic E-state index is 3.68. The summed E-state index contributed by atoms with van der Waals surface area (Å²) in [6, 6.07) is 2.30. The van der Waals surface area contributed by atoms with Crippen LogP contribution in [0.2, 0.25) is 0 Å². The second-order valence-electron chi connectivity index (χ2n) is 6.19. The lowest BCUT2D eigenvalue weighted by Gasteiger charge is -2.24. The molecule has 0 amide bonds. The topological polar surface area (TPSA) is 12.0 Å². The molecule has 1 aliphatic rings. The summed E-state index contributed by atoms with van der Waals surface area (Å²) in [7, 11) is 0. The molecule has 1 atom stereocenters. The fourth-order valence-corrected chi connectivity index (χ4v) is 3.78. The van der Waals surface area contributed by atoms with Crippen LogP contribution in [0.4, 0.5) is 0 Å². The van der Waals surface area contributed by atoms with E-state index in [0.717, 1.165) is 24.3 Å². The molecule has 1 saturated carbocycles. The normalized spacial score (nSPS) is 18.6. The molecule has 18 heavy (non-hydrogen) atoms. The summed E-state index contributed by atoms with van der Waals surface area (Å²) in [6.07, 6.45) is 7.10. The van der Waals surface area contributed by atoms with Gasteiger partial charge in [0.25, 0.3) is 0 Å². The van der Waals surface area contributed by atoms with Crippen molar-refractivity contribution in [3.05, 3.63) is 22.4 Å². The van der Waals surface area contributed by atoms with Crippen molar-refractivity contribution in [1.82, 2.24) is 5.32 Å². The van der Waals surface area contributed by atoms with Crippen LogP contribution in [0.1, 0.15) is 45.1 Å². The second kappa shape index (κ2) is 7.30. The zero-order valence-corrected chi connectivity index (χ0v) is 12.6. The van der Waals surface area contributed by atoms with Gasteiger partial charge in [0.1, 0.15) is 0 Å². The van der Waals surface area contributed by atoms with Crippen LogP contribution < -0.4 is 5.32 Å². The van der Waals surface area contributed by atoms with Crippen molar-refractivity contribution in [1.29, 1.82) is 0 Å². The largest absolute Gasteiger partial charge is 0.316 e. The lowest BCUT2D eigenvalue weighted by Crippen LogP contribution is -2.31. The summed E-state index contributed by atoms with van der Waals surface area (Å²) in [4.78, 5) is 0. The van der Waals surface area contributed by atoms with Crippen LogP contribution in [0.15, 0.2) is 16.8 Å². The van der Waals surface area contributed by atoms with Crippen LogP contribution in [0.3, 0.4) is 0 Å². The quantitative estimate of drug-likeness (QED) is 0.773. The smallest absolute Gasteiger partial charge is 0.00146 e. The third kappa shape index (κ3) is 4.40. The number of hydrogen-bond acceptors (Lipinski definition) is 2. The number of hydrogen-bond donors (Lipinski definition) is 1. The molecule has 0 bridgehead atoms. The van der Waals surface area contributed by atoms with E-state index in [1.807, 2.05) is 11.3 Å². The molecule has 102 valence electrons. The molecule has 0 saturated heterocycles. The van der Waals surface area contributed by atoms with Crippen LogP contribution >= 0.6 is 11.3 Å². The fourth-order valence-electron chi connectivity index (χ4n) is 3.10. The van der Waals surface area contributed by atoms with Crippen molar-refractivity contribution < 1.29 is 0 Å². The first kappa shape index (κ1) is 14.1. The van der Waals surface area contributed by atoms with E-state index < -0.39 is 0 Å².